The highest BCUT2D eigenvalue weighted by Crippen LogP contribution is 2.28. The lowest BCUT2D eigenvalue weighted by molar-refractivity contribution is 0.297. The molecule has 1 aromatic rings. The highest BCUT2D eigenvalue weighted by atomic mass is 32.1. The summed E-state index contributed by atoms with van der Waals surface area (Å²) in [6.07, 6.45) is 6.62. The minimum Gasteiger partial charge on any atom is -0.395 e. The Kier molecular flexibility index (Phi) is 4.49. The lowest BCUT2D eigenvalue weighted by Gasteiger charge is -2.30. The van der Waals surface area contributed by atoms with Crippen LogP contribution in [0.2, 0.25) is 0 Å². The monoisotopic (exact) mass is 265 g/mol. The zero-order valence-electron chi connectivity index (χ0n) is 10.4. The van der Waals surface area contributed by atoms with Crippen LogP contribution in [0.4, 0.5) is 5.69 Å². The topological polar surface area (TPSA) is 62.4 Å². The smallest absolute Gasteiger partial charge is 0.122 e. The van der Waals surface area contributed by atoms with Crippen molar-refractivity contribution in [2.24, 2.45) is 5.73 Å². The van der Waals surface area contributed by atoms with Crippen molar-refractivity contribution in [3.05, 3.63) is 24.0 Å². The Morgan fingerprint density at radius 1 is 1.50 bits per heavy atom. The molecule has 3 N–H and O–H groups in total. The largest absolute Gasteiger partial charge is 0.395 e. The standard InChI is InChI=1S/C13H19N3OS/c14-13(18)12-9-11(5-6-15-12)16(7-8-17)10-3-1-2-4-10/h5-6,9-10,17H,1-4,7-8H2,(H2,14,18). The second kappa shape index (κ2) is 6.11. The van der Waals surface area contributed by atoms with E-state index in [1.807, 2.05) is 12.1 Å². The molecule has 4 nitrogen and oxygen atoms in total. The fourth-order valence-electron chi connectivity index (χ4n) is 2.58. The maximum absolute atomic E-state index is 9.23. The van der Waals surface area contributed by atoms with E-state index in [1.54, 1.807) is 6.20 Å². The molecular formula is C13H19N3OS. The Labute approximate surface area is 113 Å². The first-order valence-corrected chi connectivity index (χ1v) is 6.76. The number of aromatic nitrogens is 1. The molecule has 1 aromatic heterocycles. The van der Waals surface area contributed by atoms with Crippen molar-refractivity contribution >= 4 is 22.9 Å². The number of aliphatic hydroxyl groups is 1. The van der Waals surface area contributed by atoms with Crippen molar-refractivity contribution in [3.8, 4) is 0 Å². The van der Waals surface area contributed by atoms with E-state index in [2.05, 4.69) is 9.88 Å². The van der Waals surface area contributed by atoms with E-state index in [0.29, 0.717) is 23.3 Å². The molecule has 1 fully saturated rings. The van der Waals surface area contributed by atoms with Crippen molar-refractivity contribution in [2.45, 2.75) is 31.7 Å². The number of aliphatic hydroxyl groups excluding tert-OH is 1. The van der Waals surface area contributed by atoms with Gasteiger partial charge in [0, 0.05) is 24.5 Å². The molecule has 0 unspecified atom stereocenters. The van der Waals surface area contributed by atoms with Crippen LogP contribution in [0.1, 0.15) is 31.4 Å². The van der Waals surface area contributed by atoms with Crippen molar-refractivity contribution in [3.63, 3.8) is 0 Å². The van der Waals surface area contributed by atoms with Gasteiger partial charge in [-0.2, -0.15) is 0 Å². The molecule has 0 bridgehead atoms. The summed E-state index contributed by atoms with van der Waals surface area (Å²) in [5.41, 5.74) is 7.30. The predicted molar refractivity (Wildman–Crippen MR) is 76.8 cm³/mol. The molecule has 0 aromatic carbocycles. The molecule has 5 heteroatoms. The molecule has 1 aliphatic rings. The van der Waals surface area contributed by atoms with Crippen LogP contribution in [0.15, 0.2) is 18.3 Å². The summed E-state index contributed by atoms with van der Waals surface area (Å²) in [7, 11) is 0. The van der Waals surface area contributed by atoms with E-state index in [0.717, 1.165) is 5.69 Å². The normalized spacial score (nSPS) is 15.8. The van der Waals surface area contributed by atoms with Crippen molar-refractivity contribution < 1.29 is 5.11 Å². The first-order valence-electron chi connectivity index (χ1n) is 6.35. The van der Waals surface area contributed by atoms with Gasteiger partial charge in [0.2, 0.25) is 0 Å². The zero-order chi connectivity index (χ0) is 13.0. The van der Waals surface area contributed by atoms with Crippen LogP contribution in [0.5, 0.6) is 0 Å². The van der Waals surface area contributed by atoms with Crippen LogP contribution >= 0.6 is 12.2 Å². The first kappa shape index (κ1) is 13.2. The Morgan fingerprint density at radius 3 is 2.83 bits per heavy atom. The summed E-state index contributed by atoms with van der Waals surface area (Å²) in [5.74, 6) is 0. The van der Waals surface area contributed by atoms with Gasteiger partial charge >= 0.3 is 0 Å². The maximum Gasteiger partial charge on any atom is 0.122 e. The van der Waals surface area contributed by atoms with E-state index in [1.165, 1.54) is 25.7 Å². The second-order valence-corrected chi connectivity index (χ2v) is 5.06. The highest BCUT2D eigenvalue weighted by Gasteiger charge is 2.22. The van der Waals surface area contributed by atoms with Crippen LogP contribution in [0.3, 0.4) is 0 Å². The van der Waals surface area contributed by atoms with Gasteiger partial charge in [0.25, 0.3) is 0 Å². The Morgan fingerprint density at radius 2 is 2.22 bits per heavy atom. The van der Waals surface area contributed by atoms with E-state index >= 15 is 0 Å². The molecule has 98 valence electrons. The summed E-state index contributed by atoms with van der Waals surface area (Å²) < 4.78 is 0. The van der Waals surface area contributed by atoms with Gasteiger partial charge in [-0.3, -0.25) is 4.98 Å². The zero-order valence-corrected chi connectivity index (χ0v) is 11.2. The third-order valence-electron chi connectivity index (χ3n) is 3.43. The number of pyridine rings is 1. The van der Waals surface area contributed by atoms with Gasteiger partial charge in [-0.1, -0.05) is 25.1 Å². The molecule has 0 radical (unpaired) electrons. The third-order valence-corrected chi connectivity index (χ3v) is 3.64. The molecule has 0 aliphatic heterocycles. The van der Waals surface area contributed by atoms with Crippen LogP contribution in [-0.4, -0.2) is 34.3 Å². The third kappa shape index (κ3) is 2.97. The average Bonchev–Trinajstić information content (AvgIpc) is 2.89. The van der Waals surface area contributed by atoms with Crippen LogP contribution in [0, 0.1) is 0 Å². The summed E-state index contributed by atoms with van der Waals surface area (Å²) in [6.45, 7) is 0.798. The van der Waals surface area contributed by atoms with E-state index in [4.69, 9.17) is 18.0 Å². The van der Waals surface area contributed by atoms with Gasteiger partial charge in [-0.25, -0.2) is 0 Å². The van der Waals surface area contributed by atoms with Gasteiger partial charge in [0.1, 0.15) is 4.99 Å². The van der Waals surface area contributed by atoms with Gasteiger partial charge in [-0.15, -0.1) is 0 Å². The fraction of sp³-hybridized carbons (Fsp3) is 0.538. The second-order valence-electron chi connectivity index (χ2n) is 4.62. The van der Waals surface area contributed by atoms with Gasteiger partial charge < -0.3 is 15.7 Å². The van der Waals surface area contributed by atoms with Gasteiger partial charge in [0.15, 0.2) is 0 Å². The van der Waals surface area contributed by atoms with Crippen LogP contribution in [-0.2, 0) is 0 Å². The molecule has 1 aliphatic carbocycles. The summed E-state index contributed by atoms with van der Waals surface area (Å²) >= 11 is 4.96. The molecule has 2 rings (SSSR count). The van der Waals surface area contributed by atoms with E-state index in [9.17, 15) is 5.11 Å². The number of nitrogens with two attached hydrogens (primary N) is 1. The number of hydrogen-bond acceptors (Lipinski definition) is 4. The number of nitrogens with zero attached hydrogens (tertiary/aromatic N) is 2. The van der Waals surface area contributed by atoms with E-state index in [-0.39, 0.29) is 6.61 Å². The van der Waals surface area contributed by atoms with Crippen LogP contribution in [0.25, 0.3) is 0 Å². The van der Waals surface area contributed by atoms with Crippen molar-refractivity contribution in [1.29, 1.82) is 0 Å². The lowest BCUT2D eigenvalue weighted by Crippen LogP contribution is -2.35. The molecule has 1 saturated carbocycles. The molecular weight excluding hydrogens is 246 g/mol. The van der Waals surface area contributed by atoms with Gasteiger partial charge in [0.05, 0.1) is 12.3 Å². The summed E-state index contributed by atoms with van der Waals surface area (Å²) in [5, 5.41) is 9.23. The van der Waals surface area contributed by atoms with Crippen LogP contribution < -0.4 is 10.6 Å². The SMILES string of the molecule is NC(=S)c1cc(N(CCO)C2CCCC2)ccn1. The Balaban J connectivity index is 2.23. The summed E-state index contributed by atoms with van der Waals surface area (Å²) in [4.78, 5) is 6.71. The minimum atomic E-state index is 0.154. The maximum atomic E-state index is 9.23. The fourth-order valence-corrected chi connectivity index (χ4v) is 2.69. The van der Waals surface area contributed by atoms with Crippen molar-refractivity contribution in [2.75, 3.05) is 18.1 Å². The van der Waals surface area contributed by atoms with E-state index < -0.39 is 0 Å². The quantitative estimate of drug-likeness (QED) is 0.789. The lowest BCUT2D eigenvalue weighted by atomic mass is 10.1. The minimum absolute atomic E-state index is 0.154. The highest BCUT2D eigenvalue weighted by molar-refractivity contribution is 7.80. The molecule has 0 spiro atoms. The molecule has 0 saturated heterocycles. The number of anilines is 1. The van der Waals surface area contributed by atoms with Gasteiger partial charge in [-0.05, 0) is 25.0 Å². The number of thiocarbonyl (C=S) groups is 1. The predicted octanol–water partition coefficient (Wildman–Crippen LogP) is 1.46. The molecule has 0 amide bonds. The number of rotatable bonds is 5. The molecule has 1 heterocycles. The Hall–Kier alpha value is -1.20. The number of hydrogen-bond donors (Lipinski definition) is 2. The first-order chi connectivity index (χ1) is 8.72. The van der Waals surface area contributed by atoms with Crippen molar-refractivity contribution in [1.82, 2.24) is 4.98 Å². The molecule has 18 heavy (non-hydrogen) atoms. The summed E-state index contributed by atoms with van der Waals surface area (Å²) in [6, 6.07) is 4.38. The average molecular weight is 265 g/mol. The molecule has 0 atom stereocenters. The Bertz CT molecular complexity index is 418.